The molecule has 0 saturated carbocycles. The standard InChI is InChI=1S/C14H16O2/c15-13(11-7-3-1-4-8-11)14(16)12-9-5-2-6-10-12/h1-9,12-16H,10H2/t12-,13-,14+/m0/s1. The molecule has 2 heteroatoms. The fraction of sp³-hybridized carbons (Fsp3) is 0.286. The van der Waals surface area contributed by atoms with Gasteiger partial charge in [-0.1, -0.05) is 54.6 Å². The molecule has 1 aromatic carbocycles. The minimum atomic E-state index is -0.817. The van der Waals surface area contributed by atoms with Gasteiger partial charge in [0.2, 0.25) is 0 Å². The van der Waals surface area contributed by atoms with Crippen LogP contribution in [0.15, 0.2) is 54.6 Å². The number of aliphatic hydroxyl groups excluding tert-OH is 2. The van der Waals surface area contributed by atoms with Gasteiger partial charge in [0, 0.05) is 5.92 Å². The van der Waals surface area contributed by atoms with Crippen molar-refractivity contribution in [1.29, 1.82) is 0 Å². The van der Waals surface area contributed by atoms with Gasteiger partial charge in [0.1, 0.15) is 6.10 Å². The van der Waals surface area contributed by atoms with Crippen LogP contribution in [0, 0.1) is 5.92 Å². The Morgan fingerprint density at radius 3 is 2.44 bits per heavy atom. The van der Waals surface area contributed by atoms with E-state index in [2.05, 4.69) is 0 Å². The molecule has 0 saturated heterocycles. The normalized spacial score (nSPS) is 23.0. The molecule has 0 fully saturated rings. The number of hydrogen-bond donors (Lipinski definition) is 2. The van der Waals surface area contributed by atoms with Gasteiger partial charge in [-0.15, -0.1) is 0 Å². The topological polar surface area (TPSA) is 40.5 Å². The zero-order valence-corrected chi connectivity index (χ0v) is 9.03. The molecule has 0 amide bonds. The van der Waals surface area contributed by atoms with Gasteiger partial charge >= 0.3 is 0 Å². The van der Waals surface area contributed by atoms with Gasteiger partial charge in [-0.3, -0.25) is 0 Å². The fourth-order valence-corrected chi connectivity index (χ4v) is 1.93. The van der Waals surface area contributed by atoms with Gasteiger partial charge in [-0.2, -0.15) is 0 Å². The van der Waals surface area contributed by atoms with Crippen molar-refractivity contribution in [3.8, 4) is 0 Å². The molecule has 0 aliphatic heterocycles. The zero-order chi connectivity index (χ0) is 11.4. The Morgan fingerprint density at radius 2 is 1.81 bits per heavy atom. The Bertz CT molecular complexity index is 381. The average Bonchev–Trinajstić information content (AvgIpc) is 2.39. The average molecular weight is 216 g/mol. The lowest BCUT2D eigenvalue weighted by molar-refractivity contribution is -0.00631. The molecule has 0 unspecified atom stereocenters. The lowest BCUT2D eigenvalue weighted by Crippen LogP contribution is -2.26. The summed E-state index contributed by atoms with van der Waals surface area (Å²) in [6, 6.07) is 9.28. The minimum absolute atomic E-state index is 0.000191. The maximum absolute atomic E-state index is 10.1. The van der Waals surface area contributed by atoms with Gasteiger partial charge in [-0.25, -0.2) is 0 Å². The Morgan fingerprint density at radius 1 is 1.06 bits per heavy atom. The monoisotopic (exact) mass is 216 g/mol. The Kier molecular flexibility index (Phi) is 3.54. The third kappa shape index (κ3) is 2.40. The highest BCUT2D eigenvalue weighted by molar-refractivity contribution is 5.20. The highest BCUT2D eigenvalue weighted by Gasteiger charge is 2.25. The second-order valence-corrected chi connectivity index (χ2v) is 4.06. The Labute approximate surface area is 95.6 Å². The lowest BCUT2D eigenvalue weighted by atomic mass is 9.89. The van der Waals surface area contributed by atoms with Gasteiger partial charge in [0.25, 0.3) is 0 Å². The van der Waals surface area contributed by atoms with Crippen molar-refractivity contribution in [2.24, 2.45) is 5.92 Å². The number of allylic oxidation sites excluding steroid dienone is 3. The molecule has 3 atom stereocenters. The third-order valence-electron chi connectivity index (χ3n) is 2.92. The summed E-state index contributed by atoms with van der Waals surface area (Å²) in [6.45, 7) is 0. The van der Waals surface area contributed by atoms with Crippen LogP contribution in [0.3, 0.4) is 0 Å². The van der Waals surface area contributed by atoms with Crippen molar-refractivity contribution in [2.45, 2.75) is 18.6 Å². The van der Waals surface area contributed by atoms with E-state index in [1.807, 2.05) is 54.6 Å². The highest BCUT2D eigenvalue weighted by atomic mass is 16.3. The molecular weight excluding hydrogens is 200 g/mol. The molecule has 84 valence electrons. The first kappa shape index (κ1) is 11.1. The zero-order valence-electron chi connectivity index (χ0n) is 9.03. The molecule has 0 radical (unpaired) electrons. The van der Waals surface area contributed by atoms with Crippen molar-refractivity contribution in [3.63, 3.8) is 0 Å². The summed E-state index contributed by atoms with van der Waals surface area (Å²) in [5.74, 6) is 0.000191. The van der Waals surface area contributed by atoms with E-state index in [0.29, 0.717) is 0 Å². The number of rotatable bonds is 3. The first-order valence-corrected chi connectivity index (χ1v) is 5.53. The van der Waals surface area contributed by atoms with E-state index in [1.165, 1.54) is 0 Å². The molecule has 0 bridgehead atoms. The predicted molar refractivity (Wildman–Crippen MR) is 63.8 cm³/mol. The second-order valence-electron chi connectivity index (χ2n) is 4.06. The number of hydrogen-bond acceptors (Lipinski definition) is 2. The molecule has 1 aromatic rings. The molecule has 2 rings (SSSR count). The van der Waals surface area contributed by atoms with Crippen LogP contribution in [0.4, 0.5) is 0 Å². The van der Waals surface area contributed by atoms with E-state index in [1.54, 1.807) is 0 Å². The van der Waals surface area contributed by atoms with Crippen LogP contribution in [0.1, 0.15) is 18.1 Å². The smallest absolute Gasteiger partial charge is 0.105 e. The Balaban J connectivity index is 2.07. The van der Waals surface area contributed by atoms with Gasteiger partial charge in [-0.05, 0) is 12.0 Å². The summed E-state index contributed by atoms with van der Waals surface area (Å²) < 4.78 is 0. The summed E-state index contributed by atoms with van der Waals surface area (Å²) in [5.41, 5.74) is 0.762. The highest BCUT2D eigenvalue weighted by Crippen LogP contribution is 2.26. The predicted octanol–water partition coefficient (Wildman–Crippen LogP) is 2.21. The maximum atomic E-state index is 10.1. The molecule has 1 aliphatic rings. The van der Waals surface area contributed by atoms with Crippen LogP contribution < -0.4 is 0 Å². The van der Waals surface area contributed by atoms with Gasteiger partial charge in [0.15, 0.2) is 0 Å². The van der Waals surface area contributed by atoms with Crippen molar-refractivity contribution in [3.05, 3.63) is 60.2 Å². The van der Waals surface area contributed by atoms with E-state index in [9.17, 15) is 10.2 Å². The van der Waals surface area contributed by atoms with Gasteiger partial charge in [0.05, 0.1) is 6.10 Å². The van der Waals surface area contributed by atoms with E-state index < -0.39 is 12.2 Å². The van der Waals surface area contributed by atoms with Crippen LogP contribution in [0.2, 0.25) is 0 Å². The second kappa shape index (κ2) is 5.10. The molecule has 2 nitrogen and oxygen atoms in total. The van der Waals surface area contributed by atoms with Crippen LogP contribution in [0.5, 0.6) is 0 Å². The van der Waals surface area contributed by atoms with E-state index in [0.717, 1.165) is 12.0 Å². The van der Waals surface area contributed by atoms with E-state index in [4.69, 9.17) is 0 Å². The Hall–Kier alpha value is -1.38. The van der Waals surface area contributed by atoms with E-state index >= 15 is 0 Å². The van der Waals surface area contributed by atoms with Crippen LogP contribution in [-0.4, -0.2) is 16.3 Å². The molecular formula is C14H16O2. The largest absolute Gasteiger partial charge is 0.389 e. The summed E-state index contributed by atoms with van der Waals surface area (Å²) in [7, 11) is 0. The minimum Gasteiger partial charge on any atom is -0.389 e. The number of benzene rings is 1. The summed E-state index contributed by atoms with van der Waals surface area (Å²) >= 11 is 0. The third-order valence-corrected chi connectivity index (χ3v) is 2.92. The van der Waals surface area contributed by atoms with Gasteiger partial charge < -0.3 is 10.2 Å². The maximum Gasteiger partial charge on any atom is 0.105 e. The van der Waals surface area contributed by atoms with E-state index in [-0.39, 0.29) is 5.92 Å². The van der Waals surface area contributed by atoms with Crippen molar-refractivity contribution >= 4 is 0 Å². The van der Waals surface area contributed by atoms with Crippen molar-refractivity contribution in [2.75, 3.05) is 0 Å². The lowest BCUT2D eigenvalue weighted by Gasteiger charge is -2.25. The molecule has 2 N–H and O–H groups in total. The first-order valence-electron chi connectivity index (χ1n) is 5.53. The van der Waals surface area contributed by atoms with Crippen LogP contribution in [-0.2, 0) is 0 Å². The molecule has 16 heavy (non-hydrogen) atoms. The molecule has 0 spiro atoms. The summed E-state index contributed by atoms with van der Waals surface area (Å²) in [5, 5.41) is 20.1. The molecule has 1 aliphatic carbocycles. The number of aliphatic hydroxyl groups is 2. The van der Waals surface area contributed by atoms with Crippen molar-refractivity contribution in [1.82, 2.24) is 0 Å². The SMILES string of the molecule is O[C@H]([C@H]1C=CC=CC1)[C@@H](O)c1ccccc1. The van der Waals surface area contributed by atoms with Crippen molar-refractivity contribution < 1.29 is 10.2 Å². The van der Waals surface area contributed by atoms with Crippen LogP contribution in [0.25, 0.3) is 0 Å². The quantitative estimate of drug-likeness (QED) is 0.813. The molecule has 0 heterocycles. The van der Waals surface area contributed by atoms with Crippen LogP contribution >= 0.6 is 0 Å². The molecule has 0 aromatic heterocycles. The summed E-state index contributed by atoms with van der Waals surface area (Å²) in [6.07, 6.45) is 7.03. The fourth-order valence-electron chi connectivity index (χ4n) is 1.93. The first-order chi connectivity index (χ1) is 7.79. The summed E-state index contributed by atoms with van der Waals surface area (Å²) in [4.78, 5) is 0.